The second-order valence-electron chi connectivity index (χ2n) is 5.13. The summed E-state index contributed by atoms with van der Waals surface area (Å²) in [5.74, 6) is 1.02. The van der Waals surface area contributed by atoms with Gasteiger partial charge in [0.1, 0.15) is 5.82 Å². The molecule has 1 heterocycles. The van der Waals surface area contributed by atoms with E-state index in [-0.39, 0.29) is 12.1 Å². The summed E-state index contributed by atoms with van der Waals surface area (Å²) in [5, 5.41) is 0. The molecule has 1 aromatic carbocycles. The first kappa shape index (κ1) is 13.1. The van der Waals surface area contributed by atoms with Gasteiger partial charge in [-0.2, -0.15) is 0 Å². The molecule has 4 nitrogen and oxygen atoms in total. The number of rotatable bonds is 4. The normalized spacial score (nSPS) is 14.9. The molecule has 0 bridgehead atoms. The Bertz CT molecular complexity index is 542. The number of nitrogens with zero attached hydrogens (tertiary/aromatic N) is 2. The Morgan fingerprint density at radius 3 is 2.67 bits per heavy atom. The van der Waals surface area contributed by atoms with E-state index in [4.69, 9.17) is 11.5 Å². The van der Waals surface area contributed by atoms with E-state index < -0.39 is 0 Å². The summed E-state index contributed by atoms with van der Waals surface area (Å²) in [6, 6.07) is 6.53. The third kappa shape index (κ3) is 2.54. The topological polar surface area (TPSA) is 69.9 Å². The van der Waals surface area contributed by atoms with Crippen LogP contribution in [0.1, 0.15) is 37.2 Å². The van der Waals surface area contributed by atoms with Crippen LogP contribution in [0.2, 0.25) is 0 Å². The SMILES string of the molecule is Cc1nc2cc(C(N)CCC(C)N)ccc2n1C. The van der Waals surface area contributed by atoms with Gasteiger partial charge in [-0.3, -0.25) is 0 Å². The molecule has 0 aliphatic heterocycles. The number of fused-ring (bicyclic) bond motifs is 1. The molecule has 0 spiro atoms. The van der Waals surface area contributed by atoms with Crippen LogP contribution in [-0.2, 0) is 7.05 Å². The Kier molecular flexibility index (Phi) is 3.68. The standard InChI is InChI=1S/C14H22N4/c1-9(15)4-6-12(16)11-5-7-14-13(8-11)17-10(2)18(14)3/h5,7-9,12H,4,6,15-16H2,1-3H3. The second-order valence-corrected chi connectivity index (χ2v) is 5.13. The average molecular weight is 246 g/mol. The van der Waals surface area contributed by atoms with Crippen molar-refractivity contribution in [1.82, 2.24) is 9.55 Å². The monoisotopic (exact) mass is 246 g/mol. The summed E-state index contributed by atoms with van der Waals surface area (Å²) in [6.07, 6.45) is 1.86. The van der Waals surface area contributed by atoms with Gasteiger partial charge >= 0.3 is 0 Å². The van der Waals surface area contributed by atoms with E-state index in [1.54, 1.807) is 0 Å². The molecule has 4 N–H and O–H groups in total. The summed E-state index contributed by atoms with van der Waals surface area (Å²) in [7, 11) is 2.03. The zero-order chi connectivity index (χ0) is 13.3. The molecule has 2 atom stereocenters. The number of hydrogen-bond donors (Lipinski definition) is 2. The maximum atomic E-state index is 6.19. The zero-order valence-corrected chi connectivity index (χ0v) is 11.4. The van der Waals surface area contributed by atoms with E-state index >= 15 is 0 Å². The lowest BCUT2D eigenvalue weighted by atomic mass is 10.0. The Labute approximate surface area is 108 Å². The number of nitrogens with two attached hydrogens (primary N) is 2. The van der Waals surface area contributed by atoms with Crippen LogP contribution in [0.25, 0.3) is 11.0 Å². The molecular weight excluding hydrogens is 224 g/mol. The molecule has 0 radical (unpaired) electrons. The lowest BCUT2D eigenvalue weighted by Crippen LogP contribution is -2.18. The quantitative estimate of drug-likeness (QED) is 0.867. The van der Waals surface area contributed by atoms with Gasteiger partial charge in [0.15, 0.2) is 0 Å². The highest BCUT2D eigenvalue weighted by Gasteiger charge is 2.10. The molecule has 0 saturated heterocycles. The predicted molar refractivity (Wildman–Crippen MR) is 75.3 cm³/mol. The molecule has 2 unspecified atom stereocenters. The van der Waals surface area contributed by atoms with Gasteiger partial charge in [0.25, 0.3) is 0 Å². The van der Waals surface area contributed by atoms with Crippen molar-refractivity contribution >= 4 is 11.0 Å². The molecular formula is C14H22N4. The molecule has 0 fully saturated rings. The largest absolute Gasteiger partial charge is 0.331 e. The van der Waals surface area contributed by atoms with E-state index in [9.17, 15) is 0 Å². The van der Waals surface area contributed by atoms with Crippen LogP contribution in [0.3, 0.4) is 0 Å². The van der Waals surface area contributed by atoms with Gasteiger partial charge in [-0.15, -0.1) is 0 Å². The summed E-state index contributed by atoms with van der Waals surface area (Å²) in [5.41, 5.74) is 15.3. The van der Waals surface area contributed by atoms with Crippen molar-refractivity contribution in [3.05, 3.63) is 29.6 Å². The van der Waals surface area contributed by atoms with Crippen molar-refractivity contribution in [3.63, 3.8) is 0 Å². The predicted octanol–water partition coefficient (Wildman–Crippen LogP) is 2.01. The summed E-state index contributed by atoms with van der Waals surface area (Å²) in [4.78, 5) is 4.53. The molecule has 4 heteroatoms. The van der Waals surface area contributed by atoms with Crippen LogP contribution in [0.4, 0.5) is 0 Å². The average Bonchev–Trinajstić information content (AvgIpc) is 2.61. The van der Waals surface area contributed by atoms with Gasteiger partial charge in [-0.25, -0.2) is 4.98 Å². The van der Waals surface area contributed by atoms with Crippen LogP contribution in [0, 0.1) is 6.92 Å². The maximum absolute atomic E-state index is 6.19. The van der Waals surface area contributed by atoms with Gasteiger partial charge in [0, 0.05) is 19.1 Å². The third-order valence-corrected chi connectivity index (χ3v) is 3.49. The Hall–Kier alpha value is -1.39. The lowest BCUT2D eigenvalue weighted by molar-refractivity contribution is 0.555. The fraction of sp³-hybridized carbons (Fsp3) is 0.500. The highest BCUT2D eigenvalue weighted by atomic mass is 15.0. The van der Waals surface area contributed by atoms with Gasteiger partial charge < -0.3 is 16.0 Å². The first-order chi connectivity index (χ1) is 8.49. The van der Waals surface area contributed by atoms with E-state index in [1.807, 2.05) is 20.9 Å². The van der Waals surface area contributed by atoms with Gasteiger partial charge in [0.2, 0.25) is 0 Å². The van der Waals surface area contributed by atoms with Crippen LogP contribution in [-0.4, -0.2) is 15.6 Å². The van der Waals surface area contributed by atoms with Crippen LogP contribution >= 0.6 is 0 Å². The van der Waals surface area contributed by atoms with Crippen molar-refractivity contribution in [2.75, 3.05) is 0 Å². The number of aromatic nitrogens is 2. The van der Waals surface area contributed by atoms with E-state index in [0.717, 1.165) is 35.3 Å². The molecule has 2 aromatic rings. The second kappa shape index (κ2) is 5.08. The molecule has 2 rings (SSSR count). The van der Waals surface area contributed by atoms with Crippen molar-refractivity contribution in [1.29, 1.82) is 0 Å². The van der Waals surface area contributed by atoms with Crippen LogP contribution in [0.15, 0.2) is 18.2 Å². The van der Waals surface area contributed by atoms with Crippen molar-refractivity contribution in [2.45, 2.75) is 38.8 Å². The molecule has 0 aliphatic carbocycles. The molecule has 0 amide bonds. The minimum absolute atomic E-state index is 0.0442. The molecule has 18 heavy (non-hydrogen) atoms. The van der Waals surface area contributed by atoms with Gasteiger partial charge in [-0.05, 0) is 44.4 Å². The lowest BCUT2D eigenvalue weighted by Gasteiger charge is -2.13. The number of aryl methyl sites for hydroxylation is 2. The van der Waals surface area contributed by atoms with Crippen molar-refractivity contribution in [2.24, 2.45) is 18.5 Å². The maximum Gasteiger partial charge on any atom is 0.106 e. The first-order valence-electron chi connectivity index (χ1n) is 6.43. The number of hydrogen-bond acceptors (Lipinski definition) is 3. The van der Waals surface area contributed by atoms with E-state index in [1.165, 1.54) is 0 Å². The third-order valence-electron chi connectivity index (χ3n) is 3.49. The minimum Gasteiger partial charge on any atom is -0.331 e. The highest BCUT2D eigenvalue weighted by Crippen LogP contribution is 2.22. The molecule has 0 saturated carbocycles. The number of benzene rings is 1. The fourth-order valence-electron chi connectivity index (χ4n) is 2.18. The number of imidazole rings is 1. The van der Waals surface area contributed by atoms with Crippen LogP contribution in [0.5, 0.6) is 0 Å². The zero-order valence-electron chi connectivity index (χ0n) is 11.4. The fourth-order valence-corrected chi connectivity index (χ4v) is 2.18. The van der Waals surface area contributed by atoms with Crippen molar-refractivity contribution < 1.29 is 0 Å². The Morgan fingerprint density at radius 1 is 1.28 bits per heavy atom. The first-order valence-corrected chi connectivity index (χ1v) is 6.43. The molecule has 98 valence electrons. The minimum atomic E-state index is 0.0442. The summed E-state index contributed by atoms with van der Waals surface area (Å²) >= 11 is 0. The van der Waals surface area contributed by atoms with Gasteiger partial charge in [-0.1, -0.05) is 6.07 Å². The highest BCUT2D eigenvalue weighted by molar-refractivity contribution is 5.76. The van der Waals surface area contributed by atoms with Gasteiger partial charge in [0.05, 0.1) is 11.0 Å². The molecule has 1 aromatic heterocycles. The summed E-state index contributed by atoms with van der Waals surface area (Å²) in [6.45, 7) is 4.02. The van der Waals surface area contributed by atoms with Crippen molar-refractivity contribution in [3.8, 4) is 0 Å². The van der Waals surface area contributed by atoms with E-state index in [0.29, 0.717) is 0 Å². The van der Waals surface area contributed by atoms with Crippen LogP contribution < -0.4 is 11.5 Å². The Morgan fingerprint density at radius 2 is 2.00 bits per heavy atom. The molecule has 0 aliphatic rings. The Balaban J connectivity index is 2.24. The smallest absolute Gasteiger partial charge is 0.106 e. The van der Waals surface area contributed by atoms with E-state index in [2.05, 4.69) is 27.8 Å². The summed E-state index contributed by atoms with van der Waals surface area (Å²) < 4.78 is 2.09.